The number of carbonyl (C=O) groups excluding carboxylic acids is 2. The van der Waals surface area contributed by atoms with Gasteiger partial charge in [-0.2, -0.15) is 0 Å². The smallest absolute Gasteiger partial charge is 0.234 e. The Balaban J connectivity index is 1.92. The summed E-state index contributed by atoms with van der Waals surface area (Å²) in [6.07, 6.45) is 1.57. The van der Waals surface area contributed by atoms with Crippen molar-refractivity contribution in [3.63, 3.8) is 0 Å². The Morgan fingerprint density at radius 3 is 2.95 bits per heavy atom. The zero-order chi connectivity index (χ0) is 13.8. The minimum Gasteiger partial charge on any atom is -0.494 e. The molecule has 0 saturated carbocycles. The van der Waals surface area contributed by atoms with Crippen molar-refractivity contribution >= 4 is 17.5 Å². The molecule has 0 bridgehead atoms. The summed E-state index contributed by atoms with van der Waals surface area (Å²) in [4.78, 5) is 22.0. The predicted molar refractivity (Wildman–Crippen MR) is 70.7 cm³/mol. The maximum Gasteiger partial charge on any atom is 0.234 e. The van der Waals surface area contributed by atoms with E-state index >= 15 is 0 Å². The molecule has 1 aliphatic heterocycles. The molecule has 19 heavy (non-hydrogen) atoms. The molecule has 1 atom stereocenters. The predicted octanol–water partition coefficient (Wildman–Crippen LogP) is 0.153. The number of primary amides is 1. The van der Waals surface area contributed by atoms with Gasteiger partial charge in [-0.1, -0.05) is 0 Å². The zero-order valence-electron chi connectivity index (χ0n) is 10.5. The maximum absolute atomic E-state index is 11.2. The SMILES string of the molecule is NC(=O)C(N)CCOc1ccc2c(c1)CCC(=O)N2. The molecule has 102 valence electrons. The summed E-state index contributed by atoms with van der Waals surface area (Å²) in [7, 11) is 0. The van der Waals surface area contributed by atoms with E-state index in [4.69, 9.17) is 16.2 Å². The van der Waals surface area contributed by atoms with E-state index in [0.29, 0.717) is 31.6 Å². The highest BCUT2D eigenvalue weighted by atomic mass is 16.5. The molecule has 0 spiro atoms. The van der Waals surface area contributed by atoms with Gasteiger partial charge in [-0.3, -0.25) is 9.59 Å². The highest BCUT2D eigenvalue weighted by Gasteiger charge is 2.15. The number of nitrogens with two attached hydrogens (primary N) is 2. The summed E-state index contributed by atoms with van der Waals surface area (Å²) in [5.41, 5.74) is 12.4. The van der Waals surface area contributed by atoms with Crippen LogP contribution in [0.2, 0.25) is 0 Å². The minimum absolute atomic E-state index is 0.0357. The summed E-state index contributed by atoms with van der Waals surface area (Å²) in [6.45, 7) is 0.329. The number of aryl methyl sites for hydroxylation is 1. The molecule has 6 heteroatoms. The number of ether oxygens (including phenoxy) is 1. The summed E-state index contributed by atoms with van der Waals surface area (Å²) < 4.78 is 5.52. The highest BCUT2D eigenvalue weighted by molar-refractivity contribution is 5.94. The fourth-order valence-corrected chi connectivity index (χ4v) is 1.90. The number of benzene rings is 1. The monoisotopic (exact) mass is 263 g/mol. The van der Waals surface area contributed by atoms with Gasteiger partial charge in [-0.15, -0.1) is 0 Å². The van der Waals surface area contributed by atoms with E-state index in [9.17, 15) is 9.59 Å². The number of rotatable bonds is 5. The molecule has 0 saturated heterocycles. The molecule has 2 amide bonds. The van der Waals surface area contributed by atoms with Gasteiger partial charge in [0.05, 0.1) is 12.6 Å². The Hall–Kier alpha value is -2.08. The van der Waals surface area contributed by atoms with Crippen LogP contribution in [-0.4, -0.2) is 24.5 Å². The fourth-order valence-electron chi connectivity index (χ4n) is 1.90. The van der Waals surface area contributed by atoms with Crippen LogP contribution < -0.4 is 21.5 Å². The van der Waals surface area contributed by atoms with Crippen LogP contribution in [-0.2, 0) is 16.0 Å². The van der Waals surface area contributed by atoms with Crippen molar-refractivity contribution < 1.29 is 14.3 Å². The van der Waals surface area contributed by atoms with Crippen molar-refractivity contribution in [1.29, 1.82) is 0 Å². The van der Waals surface area contributed by atoms with Gasteiger partial charge < -0.3 is 21.5 Å². The number of hydrogen-bond acceptors (Lipinski definition) is 4. The molecule has 0 radical (unpaired) electrons. The van der Waals surface area contributed by atoms with Crippen molar-refractivity contribution in [1.82, 2.24) is 0 Å². The molecular formula is C13H17N3O3. The Labute approximate surface area is 111 Å². The van der Waals surface area contributed by atoms with E-state index in [2.05, 4.69) is 5.32 Å². The lowest BCUT2D eigenvalue weighted by Crippen LogP contribution is -2.37. The maximum atomic E-state index is 11.2. The minimum atomic E-state index is -0.683. The van der Waals surface area contributed by atoms with Gasteiger partial charge in [-0.05, 0) is 30.2 Å². The Morgan fingerprint density at radius 1 is 1.42 bits per heavy atom. The molecule has 1 heterocycles. The summed E-state index contributed by atoms with van der Waals surface area (Å²) in [5.74, 6) is 0.205. The summed E-state index contributed by atoms with van der Waals surface area (Å²) in [5, 5.41) is 2.80. The third-order valence-corrected chi connectivity index (χ3v) is 3.04. The summed E-state index contributed by atoms with van der Waals surface area (Å²) in [6, 6.07) is 4.80. The average Bonchev–Trinajstić information content (AvgIpc) is 2.38. The van der Waals surface area contributed by atoms with Crippen molar-refractivity contribution in [3.05, 3.63) is 23.8 Å². The molecular weight excluding hydrogens is 246 g/mol. The van der Waals surface area contributed by atoms with Crippen molar-refractivity contribution in [2.45, 2.75) is 25.3 Å². The second kappa shape index (κ2) is 5.71. The molecule has 5 N–H and O–H groups in total. The van der Waals surface area contributed by atoms with Gasteiger partial charge in [-0.25, -0.2) is 0 Å². The van der Waals surface area contributed by atoms with Gasteiger partial charge in [0, 0.05) is 18.5 Å². The lowest BCUT2D eigenvalue weighted by Gasteiger charge is -2.18. The van der Waals surface area contributed by atoms with Crippen LogP contribution in [0.25, 0.3) is 0 Å². The lowest BCUT2D eigenvalue weighted by molar-refractivity contribution is -0.119. The van der Waals surface area contributed by atoms with Crippen molar-refractivity contribution in [2.75, 3.05) is 11.9 Å². The topological polar surface area (TPSA) is 107 Å². The molecule has 1 aromatic rings. The third-order valence-electron chi connectivity index (χ3n) is 3.04. The first-order valence-corrected chi connectivity index (χ1v) is 6.17. The van der Waals surface area contributed by atoms with Gasteiger partial charge >= 0.3 is 0 Å². The number of fused-ring (bicyclic) bond motifs is 1. The Bertz CT molecular complexity index is 502. The number of nitrogens with one attached hydrogen (secondary N) is 1. The first-order chi connectivity index (χ1) is 9.06. The van der Waals surface area contributed by atoms with Gasteiger partial charge in [0.15, 0.2) is 0 Å². The largest absolute Gasteiger partial charge is 0.494 e. The van der Waals surface area contributed by atoms with Crippen LogP contribution in [0.1, 0.15) is 18.4 Å². The van der Waals surface area contributed by atoms with E-state index in [-0.39, 0.29) is 5.91 Å². The van der Waals surface area contributed by atoms with Gasteiger partial charge in [0.1, 0.15) is 5.75 Å². The van der Waals surface area contributed by atoms with Crippen molar-refractivity contribution in [2.24, 2.45) is 11.5 Å². The van der Waals surface area contributed by atoms with Crippen molar-refractivity contribution in [3.8, 4) is 5.75 Å². The van der Waals surface area contributed by atoms with E-state index in [0.717, 1.165) is 11.3 Å². The summed E-state index contributed by atoms with van der Waals surface area (Å²) >= 11 is 0. The number of amides is 2. The molecule has 0 aliphatic carbocycles. The molecule has 1 aromatic carbocycles. The highest BCUT2D eigenvalue weighted by Crippen LogP contribution is 2.26. The standard InChI is InChI=1S/C13H17N3O3/c14-10(13(15)18)5-6-19-9-2-3-11-8(7-9)1-4-12(17)16-11/h2-3,7,10H,1,4-6,14H2,(H2,15,18)(H,16,17). The zero-order valence-corrected chi connectivity index (χ0v) is 10.5. The average molecular weight is 263 g/mol. The Morgan fingerprint density at radius 2 is 2.21 bits per heavy atom. The van der Waals surface area contributed by atoms with E-state index in [1.807, 2.05) is 12.1 Å². The van der Waals surface area contributed by atoms with Gasteiger partial charge in [0.25, 0.3) is 0 Å². The van der Waals surface area contributed by atoms with Crippen LogP contribution in [0.4, 0.5) is 5.69 Å². The first kappa shape index (κ1) is 13.4. The molecule has 0 aromatic heterocycles. The quantitative estimate of drug-likeness (QED) is 0.702. The fraction of sp³-hybridized carbons (Fsp3) is 0.385. The lowest BCUT2D eigenvalue weighted by atomic mass is 10.0. The van der Waals surface area contributed by atoms with E-state index < -0.39 is 11.9 Å². The second-order valence-electron chi connectivity index (χ2n) is 4.51. The molecule has 1 unspecified atom stereocenters. The number of carbonyl (C=O) groups is 2. The number of hydrogen-bond donors (Lipinski definition) is 3. The second-order valence-corrected chi connectivity index (χ2v) is 4.51. The number of anilines is 1. The molecule has 6 nitrogen and oxygen atoms in total. The van der Waals surface area contributed by atoms with E-state index in [1.165, 1.54) is 0 Å². The normalized spacial score (nSPS) is 15.3. The van der Waals surface area contributed by atoms with Crippen LogP contribution in [0.3, 0.4) is 0 Å². The van der Waals surface area contributed by atoms with Crippen LogP contribution >= 0.6 is 0 Å². The van der Waals surface area contributed by atoms with Crippen LogP contribution in [0.15, 0.2) is 18.2 Å². The van der Waals surface area contributed by atoms with Crippen LogP contribution in [0, 0.1) is 0 Å². The molecule has 1 aliphatic rings. The van der Waals surface area contributed by atoms with Crippen LogP contribution in [0.5, 0.6) is 5.75 Å². The molecule has 2 rings (SSSR count). The molecule has 0 fully saturated rings. The van der Waals surface area contributed by atoms with E-state index in [1.54, 1.807) is 6.07 Å². The Kier molecular flexibility index (Phi) is 4.01. The third kappa shape index (κ3) is 3.45. The first-order valence-electron chi connectivity index (χ1n) is 6.17. The van der Waals surface area contributed by atoms with Gasteiger partial charge in [0.2, 0.25) is 11.8 Å².